The molecular weight excluding hydrogens is 340 g/mol. The van der Waals surface area contributed by atoms with Gasteiger partial charge in [-0.25, -0.2) is 9.97 Å². The number of hydrogen-bond donors (Lipinski definition) is 2. The zero-order valence-electron chi connectivity index (χ0n) is 15.7. The number of aromatic hydroxyl groups is 1. The molecule has 0 bridgehead atoms. The van der Waals surface area contributed by atoms with Crippen molar-refractivity contribution in [1.82, 2.24) is 19.9 Å². The normalized spacial score (nSPS) is 15.2. The molecule has 4 rings (SSSR count). The number of hydrogen-bond acceptors (Lipinski definition) is 4. The molecule has 0 fully saturated rings. The zero-order valence-corrected chi connectivity index (χ0v) is 15.7. The third kappa shape index (κ3) is 3.39. The summed E-state index contributed by atoms with van der Waals surface area (Å²) >= 11 is 0. The molecule has 1 atom stereocenters. The van der Waals surface area contributed by atoms with Crippen LogP contribution in [0.5, 0.6) is 5.75 Å². The fourth-order valence-electron chi connectivity index (χ4n) is 3.74. The molecule has 1 aliphatic rings. The second kappa shape index (κ2) is 7.02. The van der Waals surface area contributed by atoms with Crippen molar-refractivity contribution in [2.45, 2.75) is 52.1 Å². The lowest BCUT2D eigenvalue weighted by atomic mass is 10.1. The summed E-state index contributed by atoms with van der Waals surface area (Å²) in [5.41, 5.74) is 3.71. The number of pyridine rings is 1. The Morgan fingerprint density at radius 3 is 2.89 bits per heavy atom. The Labute approximate surface area is 158 Å². The summed E-state index contributed by atoms with van der Waals surface area (Å²) in [6, 6.07) is 8.52. The van der Waals surface area contributed by atoms with E-state index in [1.54, 1.807) is 24.3 Å². The van der Waals surface area contributed by atoms with Gasteiger partial charge in [0.05, 0.1) is 11.6 Å². The minimum absolute atomic E-state index is 0.172. The molecule has 3 aromatic rings. The Hall–Kier alpha value is -2.89. The van der Waals surface area contributed by atoms with Crippen LogP contribution in [0.2, 0.25) is 0 Å². The van der Waals surface area contributed by atoms with Crippen LogP contribution in [0.4, 0.5) is 0 Å². The molecule has 1 amide bonds. The summed E-state index contributed by atoms with van der Waals surface area (Å²) < 4.78 is 2.17. The van der Waals surface area contributed by atoms with Gasteiger partial charge in [-0.2, -0.15) is 0 Å². The van der Waals surface area contributed by atoms with Crippen LogP contribution in [0.3, 0.4) is 0 Å². The number of carbonyl (C=O) groups excluding carboxylic acids is 1. The number of aromatic nitrogens is 3. The van der Waals surface area contributed by atoms with Gasteiger partial charge in [0.1, 0.15) is 17.1 Å². The van der Waals surface area contributed by atoms with E-state index in [1.807, 2.05) is 19.9 Å². The number of nitrogens with one attached hydrogen (secondary N) is 1. The van der Waals surface area contributed by atoms with Crippen molar-refractivity contribution >= 4 is 17.1 Å². The summed E-state index contributed by atoms with van der Waals surface area (Å²) in [6.45, 7) is 4.72. The maximum absolute atomic E-state index is 13.0. The van der Waals surface area contributed by atoms with Crippen LogP contribution in [0, 0.1) is 6.92 Å². The quantitative estimate of drug-likeness (QED) is 0.743. The van der Waals surface area contributed by atoms with Gasteiger partial charge >= 0.3 is 0 Å². The predicted molar refractivity (Wildman–Crippen MR) is 104 cm³/mol. The molecule has 3 heterocycles. The largest absolute Gasteiger partial charge is 0.508 e. The number of phenols is 1. The Kier molecular flexibility index (Phi) is 4.56. The maximum Gasteiger partial charge on any atom is 0.254 e. The van der Waals surface area contributed by atoms with Gasteiger partial charge in [-0.05, 0) is 50.5 Å². The van der Waals surface area contributed by atoms with Crippen molar-refractivity contribution in [3.63, 3.8) is 0 Å². The van der Waals surface area contributed by atoms with Crippen LogP contribution in [-0.4, -0.2) is 25.5 Å². The van der Waals surface area contributed by atoms with E-state index in [2.05, 4.69) is 14.9 Å². The fourth-order valence-corrected chi connectivity index (χ4v) is 3.74. The van der Waals surface area contributed by atoms with Gasteiger partial charge in [-0.15, -0.1) is 0 Å². The monoisotopic (exact) mass is 364 g/mol. The van der Waals surface area contributed by atoms with Crippen molar-refractivity contribution in [2.75, 3.05) is 0 Å². The lowest BCUT2D eigenvalue weighted by Crippen LogP contribution is -2.27. The molecule has 0 aliphatic carbocycles. The molecule has 0 spiro atoms. The smallest absolute Gasteiger partial charge is 0.254 e. The van der Waals surface area contributed by atoms with Gasteiger partial charge in [0.2, 0.25) is 0 Å². The summed E-state index contributed by atoms with van der Waals surface area (Å²) in [5.74, 6) is 1.04. The molecule has 0 saturated heterocycles. The summed E-state index contributed by atoms with van der Waals surface area (Å²) in [6.07, 6.45) is 4.37. The van der Waals surface area contributed by atoms with Gasteiger partial charge in [0.25, 0.3) is 5.91 Å². The number of nitrogens with zero attached hydrogens (tertiary/aromatic N) is 3. The highest BCUT2D eigenvalue weighted by Crippen LogP contribution is 2.25. The fraction of sp³-hybridized carbons (Fsp3) is 0.381. The van der Waals surface area contributed by atoms with Gasteiger partial charge in [0, 0.05) is 18.7 Å². The van der Waals surface area contributed by atoms with E-state index in [-0.39, 0.29) is 17.7 Å². The SMILES string of the molecule is Cc1cc(C(=O)NC(C)c2cccc(O)c2)c2nc3n(c2n1)CCCCC3. The molecule has 27 heavy (non-hydrogen) atoms. The average molecular weight is 364 g/mol. The van der Waals surface area contributed by atoms with Crippen LogP contribution >= 0.6 is 0 Å². The third-order valence-electron chi connectivity index (χ3n) is 5.16. The minimum atomic E-state index is -0.228. The number of rotatable bonds is 3. The number of phenolic OH excluding ortho intramolecular Hbond substituents is 1. The van der Waals surface area contributed by atoms with Crippen LogP contribution in [0.25, 0.3) is 11.2 Å². The first-order chi connectivity index (χ1) is 13.0. The molecule has 6 nitrogen and oxygen atoms in total. The maximum atomic E-state index is 13.0. The Balaban J connectivity index is 1.69. The van der Waals surface area contributed by atoms with E-state index >= 15 is 0 Å². The van der Waals surface area contributed by atoms with Crippen molar-refractivity contribution in [2.24, 2.45) is 0 Å². The number of fused-ring (bicyclic) bond motifs is 3. The lowest BCUT2D eigenvalue weighted by Gasteiger charge is -2.15. The molecule has 1 aliphatic heterocycles. The van der Waals surface area contributed by atoms with Crippen LogP contribution in [0.15, 0.2) is 30.3 Å². The second-order valence-corrected chi connectivity index (χ2v) is 7.26. The van der Waals surface area contributed by atoms with Crippen LogP contribution < -0.4 is 5.32 Å². The number of aryl methyl sites for hydroxylation is 3. The Morgan fingerprint density at radius 2 is 2.07 bits per heavy atom. The number of carbonyl (C=O) groups is 1. The van der Waals surface area contributed by atoms with Crippen molar-refractivity contribution in [3.05, 3.63) is 53.0 Å². The molecule has 2 N–H and O–H groups in total. The first-order valence-corrected chi connectivity index (χ1v) is 9.49. The van der Waals surface area contributed by atoms with E-state index in [1.165, 1.54) is 6.42 Å². The van der Waals surface area contributed by atoms with Crippen molar-refractivity contribution in [3.8, 4) is 5.75 Å². The zero-order chi connectivity index (χ0) is 19.0. The van der Waals surface area contributed by atoms with E-state index in [0.717, 1.165) is 48.5 Å². The number of imidazole rings is 1. The van der Waals surface area contributed by atoms with Gasteiger partial charge < -0.3 is 15.0 Å². The molecule has 6 heteroatoms. The highest BCUT2D eigenvalue weighted by Gasteiger charge is 2.22. The topological polar surface area (TPSA) is 80.0 Å². The van der Waals surface area contributed by atoms with E-state index in [9.17, 15) is 9.90 Å². The molecule has 1 unspecified atom stereocenters. The van der Waals surface area contributed by atoms with E-state index < -0.39 is 0 Å². The molecule has 0 radical (unpaired) electrons. The number of amides is 1. The lowest BCUT2D eigenvalue weighted by molar-refractivity contribution is 0.0941. The van der Waals surface area contributed by atoms with Gasteiger partial charge in [-0.1, -0.05) is 18.6 Å². The van der Waals surface area contributed by atoms with Crippen LogP contribution in [0.1, 0.15) is 59.7 Å². The predicted octanol–water partition coefficient (Wildman–Crippen LogP) is 3.66. The summed E-state index contributed by atoms with van der Waals surface area (Å²) in [5, 5.41) is 12.7. The minimum Gasteiger partial charge on any atom is -0.508 e. The highest BCUT2D eigenvalue weighted by atomic mass is 16.3. The second-order valence-electron chi connectivity index (χ2n) is 7.26. The molecule has 140 valence electrons. The highest BCUT2D eigenvalue weighted by molar-refractivity contribution is 6.04. The first-order valence-electron chi connectivity index (χ1n) is 9.49. The molecular formula is C21H24N4O2. The van der Waals surface area contributed by atoms with E-state index in [0.29, 0.717) is 11.1 Å². The van der Waals surface area contributed by atoms with Crippen molar-refractivity contribution < 1.29 is 9.90 Å². The van der Waals surface area contributed by atoms with Gasteiger partial charge in [0.15, 0.2) is 5.65 Å². The Bertz CT molecular complexity index is 1010. The van der Waals surface area contributed by atoms with E-state index in [4.69, 9.17) is 4.98 Å². The van der Waals surface area contributed by atoms with Crippen molar-refractivity contribution in [1.29, 1.82) is 0 Å². The summed E-state index contributed by atoms with van der Waals surface area (Å²) in [7, 11) is 0. The number of benzene rings is 1. The van der Waals surface area contributed by atoms with Gasteiger partial charge in [-0.3, -0.25) is 4.79 Å². The first kappa shape index (κ1) is 17.5. The third-order valence-corrected chi connectivity index (χ3v) is 5.16. The molecule has 0 saturated carbocycles. The Morgan fingerprint density at radius 1 is 1.22 bits per heavy atom. The molecule has 2 aromatic heterocycles. The van der Waals surface area contributed by atoms with Crippen LogP contribution in [-0.2, 0) is 13.0 Å². The standard InChI is InChI=1S/C21H24N4O2/c1-13-11-17(21(27)23-14(2)15-7-6-8-16(26)12-15)19-20(22-13)25-10-5-3-4-9-18(25)24-19/h6-8,11-12,14,26H,3-5,9-10H2,1-2H3,(H,23,27). The molecule has 1 aromatic carbocycles. The average Bonchev–Trinajstić information content (AvgIpc) is 2.82. The summed E-state index contributed by atoms with van der Waals surface area (Å²) in [4.78, 5) is 22.4.